The second-order valence-electron chi connectivity index (χ2n) is 3.16. The standard InChI is InChI=1S/C11H11NO2/c1-2-7-6-10(13)14-9-5-3-4-8(12)11(7)9/h3-6H,2,12H2,1H3. The molecule has 0 aliphatic rings. The summed E-state index contributed by atoms with van der Waals surface area (Å²) >= 11 is 0. The molecule has 2 N–H and O–H groups in total. The van der Waals surface area contributed by atoms with E-state index in [0.717, 1.165) is 17.4 Å². The Labute approximate surface area is 81.1 Å². The van der Waals surface area contributed by atoms with Crippen molar-refractivity contribution in [3.63, 3.8) is 0 Å². The Balaban J connectivity index is 2.96. The molecule has 1 heterocycles. The van der Waals surface area contributed by atoms with Crippen molar-refractivity contribution in [3.05, 3.63) is 40.2 Å². The van der Waals surface area contributed by atoms with Gasteiger partial charge in [0.25, 0.3) is 0 Å². The van der Waals surface area contributed by atoms with E-state index in [1.165, 1.54) is 6.07 Å². The van der Waals surface area contributed by atoms with Gasteiger partial charge in [-0.05, 0) is 24.1 Å². The summed E-state index contributed by atoms with van der Waals surface area (Å²) in [5, 5.41) is 0.856. The van der Waals surface area contributed by atoms with Gasteiger partial charge in [0.1, 0.15) is 5.58 Å². The minimum Gasteiger partial charge on any atom is -0.423 e. The van der Waals surface area contributed by atoms with Crippen LogP contribution in [0.15, 0.2) is 33.5 Å². The number of hydrogen-bond donors (Lipinski definition) is 1. The first-order valence-corrected chi connectivity index (χ1v) is 4.53. The zero-order valence-corrected chi connectivity index (χ0v) is 7.91. The second kappa shape index (κ2) is 3.18. The fraction of sp³-hybridized carbons (Fsp3) is 0.182. The predicted octanol–water partition coefficient (Wildman–Crippen LogP) is 1.94. The van der Waals surface area contributed by atoms with Crippen molar-refractivity contribution < 1.29 is 4.42 Å². The molecule has 0 saturated heterocycles. The summed E-state index contributed by atoms with van der Waals surface area (Å²) < 4.78 is 5.05. The number of anilines is 1. The summed E-state index contributed by atoms with van der Waals surface area (Å²) in [5.41, 5.74) is 7.66. The van der Waals surface area contributed by atoms with Gasteiger partial charge in [0.2, 0.25) is 0 Å². The summed E-state index contributed by atoms with van der Waals surface area (Å²) in [5.74, 6) is 0. The number of fused-ring (bicyclic) bond motifs is 1. The van der Waals surface area contributed by atoms with Crippen molar-refractivity contribution in [2.24, 2.45) is 0 Å². The normalized spacial score (nSPS) is 10.6. The Kier molecular flexibility index (Phi) is 2.00. The average molecular weight is 189 g/mol. The summed E-state index contributed by atoms with van der Waals surface area (Å²) in [6.45, 7) is 1.99. The molecule has 0 saturated carbocycles. The predicted molar refractivity (Wildman–Crippen MR) is 56.3 cm³/mol. The van der Waals surface area contributed by atoms with Gasteiger partial charge in [-0.2, -0.15) is 0 Å². The quantitative estimate of drug-likeness (QED) is 0.551. The van der Waals surface area contributed by atoms with E-state index in [9.17, 15) is 4.79 Å². The highest BCUT2D eigenvalue weighted by Gasteiger charge is 2.05. The van der Waals surface area contributed by atoms with Crippen molar-refractivity contribution in [2.45, 2.75) is 13.3 Å². The summed E-state index contributed by atoms with van der Waals surface area (Å²) in [6, 6.07) is 6.84. The highest BCUT2D eigenvalue weighted by Crippen LogP contribution is 2.23. The molecule has 0 aliphatic heterocycles. The Morgan fingerprint density at radius 2 is 2.21 bits per heavy atom. The maximum atomic E-state index is 11.2. The van der Waals surface area contributed by atoms with Gasteiger partial charge in [0.15, 0.2) is 0 Å². The van der Waals surface area contributed by atoms with Crippen LogP contribution < -0.4 is 11.4 Å². The van der Waals surface area contributed by atoms with Crippen LogP contribution in [0.2, 0.25) is 0 Å². The number of benzene rings is 1. The SMILES string of the molecule is CCc1cc(=O)oc2cccc(N)c12. The van der Waals surface area contributed by atoms with Crippen LogP contribution in [0.1, 0.15) is 12.5 Å². The lowest BCUT2D eigenvalue weighted by atomic mass is 10.1. The molecule has 0 amide bonds. The molecule has 0 bridgehead atoms. The Morgan fingerprint density at radius 3 is 2.93 bits per heavy atom. The third-order valence-electron chi connectivity index (χ3n) is 2.26. The lowest BCUT2D eigenvalue weighted by Gasteiger charge is -2.04. The molecule has 0 fully saturated rings. The van der Waals surface area contributed by atoms with Crippen LogP contribution in [-0.4, -0.2) is 0 Å². The number of aryl methyl sites for hydroxylation is 1. The van der Waals surface area contributed by atoms with Crippen molar-refractivity contribution in [1.29, 1.82) is 0 Å². The summed E-state index contributed by atoms with van der Waals surface area (Å²) in [6.07, 6.45) is 0.774. The molecule has 3 nitrogen and oxygen atoms in total. The van der Waals surface area contributed by atoms with Gasteiger partial charge in [-0.3, -0.25) is 0 Å². The zero-order valence-electron chi connectivity index (χ0n) is 7.91. The van der Waals surface area contributed by atoms with Crippen LogP contribution in [-0.2, 0) is 6.42 Å². The minimum absolute atomic E-state index is 0.319. The van der Waals surface area contributed by atoms with E-state index in [4.69, 9.17) is 10.2 Å². The summed E-state index contributed by atoms with van der Waals surface area (Å²) in [4.78, 5) is 11.2. The topological polar surface area (TPSA) is 56.2 Å². The number of rotatable bonds is 1. The molecule has 3 heteroatoms. The van der Waals surface area contributed by atoms with E-state index in [1.807, 2.05) is 13.0 Å². The fourth-order valence-corrected chi connectivity index (χ4v) is 1.61. The molecular formula is C11H11NO2. The van der Waals surface area contributed by atoms with Gasteiger partial charge in [0, 0.05) is 17.1 Å². The molecular weight excluding hydrogens is 178 g/mol. The van der Waals surface area contributed by atoms with Gasteiger partial charge >= 0.3 is 5.63 Å². The van der Waals surface area contributed by atoms with Crippen LogP contribution in [0.5, 0.6) is 0 Å². The Hall–Kier alpha value is -1.77. The zero-order chi connectivity index (χ0) is 10.1. The monoisotopic (exact) mass is 189 g/mol. The summed E-state index contributed by atoms with van der Waals surface area (Å²) in [7, 11) is 0. The van der Waals surface area contributed by atoms with Gasteiger partial charge in [-0.25, -0.2) is 4.79 Å². The molecule has 0 aliphatic carbocycles. The molecule has 1 aromatic carbocycles. The molecule has 14 heavy (non-hydrogen) atoms. The highest BCUT2D eigenvalue weighted by atomic mass is 16.4. The maximum Gasteiger partial charge on any atom is 0.336 e. The van der Waals surface area contributed by atoms with Gasteiger partial charge in [-0.15, -0.1) is 0 Å². The first kappa shape index (κ1) is 8.81. The van der Waals surface area contributed by atoms with Crippen LogP contribution in [0.3, 0.4) is 0 Å². The Bertz CT molecular complexity index is 528. The van der Waals surface area contributed by atoms with Crippen molar-refractivity contribution >= 4 is 16.7 Å². The van der Waals surface area contributed by atoms with Gasteiger partial charge < -0.3 is 10.2 Å². The third-order valence-corrected chi connectivity index (χ3v) is 2.26. The van der Waals surface area contributed by atoms with E-state index in [0.29, 0.717) is 11.3 Å². The largest absolute Gasteiger partial charge is 0.423 e. The number of hydrogen-bond acceptors (Lipinski definition) is 3. The molecule has 0 radical (unpaired) electrons. The number of nitrogens with two attached hydrogens (primary N) is 1. The molecule has 0 atom stereocenters. The molecule has 2 aromatic rings. The molecule has 0 spiro atoms. The van der Waals surface area contributed by atoms with Crippen LogP contribution in [0.25, 0.3) is 11.0 Å². The molecule has 2 rings (SSSR count). The first-order valence-electron chi connectivity index (χ1n) is 4.53. The molecule has 1 aromatic heterocycles. The van der Waals surface area contributed by atoms with Crippen LogP contribution in [0, 0.1) is 0 Å². The average Bonchev–Trinajstić information content (AvgIpc) is 2.16. The Morgan fingerprint density at radius 1 is 1.43 bits per heavy atom. The lowest BCUT2D eigenvalue weighted by Crippen LogP contribution is -2.01. The first-order chi connectivity index (χ1) is 6.72. The van der Waals surface area contributed by atoms with E-state index in [2.05, 4.69) is 0 Å². The van der Waals surface area contributed by atoms with Crippen molar-refractivity contribution in [1.82, 2.24) is 0 Å². The fourth-order valence-electron chi connectivity index (χ4n) is 1.61. The maximum absolute atomic E-state index is 11.2. The molecule has 0 unspecified atom stereocenters. The van der Waals surface area contributed by atoms with Crippen molar-refractivity contribution in [2.75, 3.05) is 5.73 Å². The lowest BCUT2D eigenvalue weighted by molar-refractivity contribution is 0.559. The van der Waals surface area contributed by atoms with Crippen LogP contribution in [0.4, 0.5) is 5.69 Å². The smallest absolute Gasteiger partial charge is 0.336 e. The highest BCUT2D eigenvalue weighted by molar-refractivity contribution is 5.91. The second-order valence-corrected chi connectivity index (χ2v) is 3.16. The van der Waals surface area contributed by atoms with E-state index < -0.39 is 0 Å². The number of nitrogen functional groups attached to an aromatic ring is 1. The van der Waals surface area contributed by atoms with Gasteiger partial charge in [-0.1, -0.05) is 13.0 Å². The van der Waals surface area contributed by atoms with E-state index >= 15 is 0 Å². The van der Waals surface area contributed by atoms with Gasteiger partial charge in [0.05, 0.1) is 0 Å². The van der Waals surface area contributed by atoms with E-state index in [-0.39, 0.29) is 5.63 Å². The third kappa shape index (κ3) is 1.27. The minimum atomic E-state index is -0.319. The molecule has 72 valence electrons. The van der Waals surface area contributed by atoms with Crippen molar-refractivity contribution in [3.8, 4) is 0 Å². The van der Waals surface area contributed by atoms with Crippen LogP contribution >= 0.6 is 0 Å². The van der Waals surface area contributed by atoms with E-state index in [1.54, 1.807) is 12.1 Å².